The zero-order valence-corrected chi connectivity index (χ0v) is 20.1. The summed E-state index contributed by atoms with van der Waals surface area (Å²) in [6.07, 6.45) is 0.865. The van der Waals surface area contributed by atoms with Crippen molar-refractivity contribution in [2.24, 2.45) is 41.9 Å². The Balaban J connectivity index is 2.29. The molecule has 0 aromatic rings. The standard InChI is InChI=1S/C20H38N12/c1-17(2,13(21)22)29-31-19(5,14(23)24)7-8-20(6,16-27-11-12-28-16)32-30-18(3,4)15-25-9-10-26-15/h7-12H2,1-6H3,(H3,21,22)(H3,23,24)(H,25,26)(H,27,28). The molecule has 2 rings (SSSR count). The van der Waals surface area contributed by atoms with Crippen LogP contribution in [0.1, 0.15) is 54.4 Å². The number of amidine groups is 4. The van der Waals surface area contributed by atoms with Crippen LogP contribution in [-0.4, -0.2) is 71.7 Å². The van der Waals surface area contributed by atoms with Crippen LogP contribution in [0.2, 0.25) is 0 Å². The predicted molar refractivity (Wildman–Crippen MR) is 128 cm³/mol. The summed E-state index contributed by atoms with van der Waals surface area (Å²) in [5, 5.41) is 40.3. The number of rotatable bonds is 11. The van der Waals surface area contributed by atoms with Gasteiger partial charge in [0.25, 0.3) is 0 Å². The summed E-state index contributed by atoms with van der Waals surface area (Å²) in [6, 6.07) is 0. The third-order valence-corrected chi connectivity index (χ3v) is 5.82. The van der Waals surface area contributed by atoms with E-state index in [4.69, 9.17) is 27.4 Å². The van der Waals surface area contributed by atoms with Gasteiger partial charge in [-0.15, -0.1) is 0 Å². The minimum atomic E-state index is -1.07. The highest BCUT2D eigenvalue weighted by atomic mass is 15.3. The second-order valence-corrected chi connectivity index (χ2v) is 9.71. The van der Waals surface area contributed by atoms with Crippen LogP contribution < -0.4 is 22.1 Å². The maximum Gasteiger partial charge on any atom is 0.135 e. The summed E-state index contributed by atoms with van der Waals surface area (Å²) >= 11 is 0. The molecule has 12 nitrogen and oxygen atoms in total. The van der Waals surface area contributed by atoms with E-state index in [1.807, 2.05) is 20.8 Å². The first-order valence-corrected chi connectivity index (χ1v) is 10.9. The van der Waals surface area contributed by atoms with Crippen molar-refractivity contribution in [1.29, 1.82) is 10.8 Å². The van der Waals surface area contributed by atoms with E-state index in [-0.39, 0.29) is 11.7 Å². The molecule has 12 heteroatoms. The molecule has 2 aliphatic heterocycles. The fraction of sp³-hybridized carbons (Fsp3) is 0.800. The highest BCUT2D eigenvalue weighted by molar-refractivity contribution is 5.94. The van der Waals surface area contributed by atoms with Gasteiger partial charge in [-0.3, -0.25) is 20.8 Å². The molecule has 0 spiro atoms. The molecule has 0 amide bonds. The third-order valence-electron chi connectivity index (χ3n) is 5.82. The van der Waals surface area contributed by atoms with Gasteiger partial charge >= 0.3 is 0 Å². The molecule has 0 radical (unpaired) electrons. The molecule has 32 heavy (non-hydrogen) atoms. The number of nitrogens with one attached hydrogen (secondary N) is 4. The van der Waals surface area contributed by atoms with Gasteiger partial charge in [0.05, 0.1) is 13.1 Å². The fourth-order valence-electron chi connectivity index (χ4n) is 3.08. The second-order valence-electron chi connectivity index (χ2n) is 9.71. The molecule has 2 aliphatic rings. The lowest BCUT2D eigenvalue weighted by Gasteiger charge is -2.31. The van der Waals surface area contributed by atoms with Crippen LogP contribution in [0.15, 0.2) is 30.4 Å². The Labute approximate surface area is 189 Å². The minimum Gasteiger partial charge on any atom is -0.386 e. The number of hydrogen-bond acceptors (Lipinski definition) is 10. The van der Waals surface area contributed by atoms with Crippen LogP contribution in [0.5, 0.6) is 0 Å². The fourth-order valence-corrected chi connectivity index (χ4v) is 3.08. The van der Waals surface area contributed by atoms with E-state index in [1.165, 1.54) is 0 Å². The molecular weight excluding hydrogens is 408 g/mol. The number of nitrogens with zero attached hydrogens (tertiary/aromatic N) is 6. The molecule has 2 atom stereocenters. The van der Waals surface area contributed by atoms with Gasteiger partial charge in [0.1, 0.15) is 45.5 Å². The molecule has 8 N–H and O–H groups in total. The highest BCUT2D eigenvalue weighted by Gasteiger charge is 2.39. The SMILES string of the molecule is CC(C)(N=NC(C)(CCC(C)(N=NC(C)(C)C1=NCCN1)C1=NCCN1)C(=N)N)C(=N)N. The van der Waals surface area contributed by atoms with Gasteiger partial charge in [0.2, 0.25) is 0 Å². The second kappa shape index (κ2) is 9.29. The summed E-state index contributed by atoms with van der Waals surface area (Å²) in [6.45, 7) is 14.0. The number of azo groups is 2. The minimum absolute atomic E-state index is 0.110. The largest absolute Gasteiger partial charge is 0.386 e. The Morgan fingerprint density at radius 3 is 1.84 bits per heavy atom. The van der Waals surface area contributed by atoms with Gasteiger partial charge in [-0.2, -0.15) is 20.5 Å². The Bertz CT molecular complexity index is 853. The van der Waals surface area contributed by atoms with Crippen molar-refractivity contribution in [1.82, 2.24) is 10.6 Å². The first-order chi connectivity index (χ1) is 14.7. The summed E-state index contributed by atoms with van der Waals surface area (Å²) in [7, 11) is 0. The molecule has 0 aliphatic carbocycles. The van der Waals surface area contributed by atoms with Crippen molar-refractivity contribution < 1.29 is 0 Å². The van der Waals surface area contributed by atoms with Gasteiger partial charge in [-0.1, -0.05) is 0 Å². The van der Waals surface area contributed by atoms with Gasteiger partial charge in [0.15, 0.2) is 0 Å². The van der Waals surface area contributed by atoms with E-state index in [0.29, 0.717) is 19.4 Å². The summed E-state index contributed by atoms with van der Waals surface area (Å²) in [5.74, 6) is 1.34. The molecule has 2 heterocycles. The van der Waals surface area contributed by atoms with E-state index in [9.17, 15) is 0 Å². The van der Waals surface area contributed by atoms with E-state index in [0.717, 1.165) is 31.3 Å². The number of hydrogen-bond donors (Lipinski definition) is 6. The Morgan fingerprint density at radius 2 is 1.38 bits per heavy atom. The molecule has 0 bridgehead atoms. The van der Waals surface area contributed by atoms with Crippen LogP contribution in [0.25, 0.3) is 0 Å². The highest BCUT2D eigenvalue weighted by Crippen LogP contribution is 2.30. The Hall–Kier alpha value is -2.92. The topological polar surface area (TPSA) is 198 Å². The maximum atomic E-state index is 8.11. The normalized spacial score (nSPS) is 20.9. The monoisotopic (exact) mass is 446 g/mol. The van der Waals surface area contributed by atoms with Crippen molar-refractivity contribution in [2.75, 3.05) is 26.2 Å². The van der Waals surface area contributed by atoms with E-state index in [2.05, 4.69) is 36.0 Å². The molecule has 0 aromatic carbocycles. The van der Waals surface area contributed by atoms with Crippen molar-refractivity contribution >= 4 is 23.3 Å². The van der Waals surface area contributed by atoms with E-state index >= 15 is 0 Å². The van der Waals surface area contributed by atoms with Crippen molar-refractivity contribution in [3.05, 3.63) is 0 Å². The van der Waals surface area contributed by atoms with Gasteiger partial charge in [-0.25, -0.2) is 0 Å². The molecule has 0 fully saturated rings. The molecule has 0 saturated carbocycles. The first-order valence-electron chi connectivity index (χ1n) is 10.9. The van der Waals surface area contributed by atoms with Crippen LogP contribution in [0, 0.1) is 10.8 Å². The smallest absolute Gasteiger partial charge is 0.135 e. The summed E-state index contributed by atoms with van der Waals surface area (Å²) in [4.78, 5) is 9.06. The molecule has 0 saturated heterocycles. The lowest BCUT2D eigenvalue weighted by Crippen LogP contribution is -2.46. The maximum absolute atomic E-state index is 8.11. The van der Waals surface area contributed by atoms with Crippen LogP contribution >= 0.6 is 0 Å². The van der Waals surface area contributed by atoms with Crippen LogP contribution in [0.3, 0.4) is 0 Å². The predicted octanol–water partition coefficient (Wildman–Crippen LogP) is 1.62. The van der Waals surface area contributed by atoms with Gasteiger partial charge in [-0.05, 0) is 54.4 Å². The third kappa shape index (κ3) is 5.86. The molecule has 2 unspecified atom stereocenters. The zero-order chi connectivity index (χ0) is 24.2. The lowest BCUT2D eigenvalue weighted by atomic mass is 9.86. The quantitative estimate of drug-likeness (QED) is 0.159. The van der Waals surface area contributed by atoms with E-state index < -0.39 is 22.2 Å². The lowest BCUT2D eigenvalue weighted by molar-refractivity contribution is 0.416. The van der Waals surface area contributed by atoms with Crippen molar-refractivity contribution in [3.8, 4) is 0 Å². The summed E-state index contributed by atoms with van der Waals surface area (Å²) < 4.78 is 0. The van der Waals surface area contributed by atoms with E-state index in [1.54, 1.807) is 20.8 Å². The molecule has 178 valence electrons. The molecular formula is C20H38N12. The van der Waals surface area contributed by atoms with Crippen LogP contribution in [0.4, 0.5) is 0 Å². The van der Waals surface area contributed by atoms with Crippen molar-refractivity contribution in [3.63, 3.8) is 0 Å². The van der Waals surface area contributed by atoms with Gasteiger partial charge in [0, 0.05) is 13.1 Å². The van der Waals surface area contributed by atoms with Gasteiger partial charge < -0.3 is 22.1 Å². The summed E-state index contributed by atoms with van der Waals surface area (Å²) in [5.41, 5.74) is 8.12. The van der Waals surface area contributed by atoms with Crippen molar-refractivity contribution in [2.45, 2.75) is 76.5 Å². The Kier molecular flexibility index (Phi) is 7.36. The number of aliphatic imine (C=N–C) groups is 2. The Morgan fingerprint density at radius 1 is 0.812 bits per heavy atom. The van der Waals surface area contributed by atoms with Crippen LogP contribution in [-0.2, 0) is 0 Å². The first kappa shape index (κ1) is 25.3. The zero-order valence-electron chi connectivity index (χ0n) is 20.1. The molecule has 0 aromatic heterocycles. The average molecular weight is 447 g/mol. The number of nitrogens with two attached hydrogens (primary N) is 2. The average Bonchev–Trinajstić information content (AvgIpc) is 3.43.